The minimum Gasteiger partial charge on any atom is -0.481 e. The molecule has 0 aromatic heterocycles. The molecule has 0 saturated heterocycles. The molecule has 0 aromatic carbocycles. The third-order valence-corrected chi connectivity index (χ3v) is 4.24. The van der Waals surface area contributed by atoms with Crippen molar-refractivity contribution in [3.05, 3.63) is 24.3 Å². The van der Waals surface area contributed by atoms with E-state index in [1.54, 1.807) is 12.2 Å². The average Bonchev–Trinajstić information content (AvgIpc) is 2.75. The van der Waals surface area contributed by atoms with Crippen LogP contribution in [0.5, 0.6) is 0 Å². The van der Waals surface area contributed by atoms with E-state index in [1.165, 1.54) is 0 Å². The van der Waals surface area contributed by atoms with Crippen molar-refractivity contribution in [1.29, 1.82) is 0 Å². The van der Waals surface area contributed by atoms with E-state index in [2.05, 4.69) is 0 Å². The van der Waals surface area contributed by atoms with Crippen LogP contribution in [0, 0.1) is 11.8 Å². The molecule has 0 radical (unpaired) electrons. The third kappa shape index (κ3) is 7.10. The van der Waals surface area contributed by atoms with Gasteiger partial charge >= 0.3 is 5.97 Å². The van der Waals surface area contributed by atoms with Crippen LogP contribution >= 0.6 is 0 Å². The molecule has 1 aliphatic carbocycles. The summed E-state index contributed by atoms with van der Waals surface area (Å²) in [5, 5.41) is 28.5. The van der Waals surface area contributed by atoms with Gasteiger partial charge in [-0.2, -0.15) is 0 Å². The SMILES string of the molecule is CC/C=C\C[C@H](O)/C=C/[C@H]1C(=O)C[C@@H](O)[C@H]1CCCCC(=O)O. The molecule has 0 aromatic rings. The number of ketones is 1. The summed E-state index contributed by atoms with van der Waals surface area (Å²) in [5.41, 5.74) is 0. The normalized spacial score (nSPS) is 26.4. The number of carbonyl (C=O) groups excluding carboxylic acids is 1. The summed E-state index contributed by atoms with van der Waals surface area (Å²) in [5.74, 6) is -1.38. The van der Waals surface area contributed by atoms with Crippen LogP contribution in [0.15, 0.2) is 24.3 Å². The number of carboxylic acid groups (broad SMARTS) is 1. The zero-order valence-corrected chi connectivity index (χ0v) is 13.7. The maximum absolute atomic E-state index is 12.0. The van der Waals surface area contributed by atoms with Crippen LogP contribution in [0.25, 0.3) is 0 Å². The number of hydrogen-bond donors (Lipinski definition) is 3. The van der Waals surface area contributed by atoms with Crippen molar-refractivity contribution >= 4 is 11.8 Å². The molecule has 0 spiro atoms. The fraction of sp³-hybridized carbons (Fsp3) is 0.667. The van der Waals surface area contributed by atoms with Crippen molar-refractivity contribution in [3.63, 3.8) is 0 Å². The molecule has 0 bridgehead atoms. The highest BCUT2D eigenvalue weighted by Crippen LogP contribution is 2.34. The number of rotatable bonds is 10. The van der Waals surface area contributed by atoms with E-state index in [1.807, 2.05) is 19.1 Å². The molecule has 0 heterocycles. The number of Topliss-reactive ketones (excluding diaryl/α,β-unsaturated/α-hetero) is 1. The fourth-order valence-corrected chi connectivity index (χ4v) is 2.98. The number of aliphatic hydroxyl groups excluding tert-OH is 2. The van der Waals surface area contributed by atoms with Gasteiger partial charge in [0.1, 0.15) is 5.78 Å². The molecule has 0 unspecified atom stereocenters. The Kier molecular flexibility index (Phi) is 8.81. The number of allylic oxidation sites excluding steroid dienone is 2. The molecule has 1 aliphatic rings. The van der Waals surface area contributed by atoms with Crippen LogP contribution in [0.1, 0.15) is 51.9 Å². The third-order valence-electron chi connectivity index (χ3n) is 4.24. The number of unbranched alkanes of at least 4 members (excludes halogenated alkanes) is 1. The molecule has 23 heavy (non-hydrogen) atoms. The summed E-state index contributed by atoms with van der Waals surface area (Å²) in [6.07, 6.45) is 9.47. The maximum Gasteiger partial charge on any atom is 0.303 e. The first-order valence-electron chi connectivity index (χ1n) is 8.39. The largest absolute Gasteiger partial charge is 0.481 e. The molecule has 3 N–H and O–H groups in total. The van der Waals surface area contributed by atoms with E-state index in [-0.39, 0.29) is 30.5 Å². The summed E-state index contributed by atoms with van der Waals surface area (Å²) in [6.45, 7) is 2.02. The Hall–Kier alpha value is -1.46. The van der Waals surface area contributed by atoms with Gasteiger partial charge in [-0.3, -0.25) is 9.59 Å². The van der Waals surface area contributed by atoms with E-state index < -0.39 is 18.2 Å². The van der Waals surface area contributed by atoms with Crippen LogP contribution < -0.4 is 0 Å². The molecule has 1 rings (SSSR count). The molecule has 130 valence electrons. The zero-order valence-electron chi connectivity index (χ0n) is 13.7. The molecule has 1 fully saturated rings. The molecule has 1 saturated carbocycles. The summed E-state index contributed by atoms with van der Waals surface area (Å²) < 4.78 is 0. The Balaban J connectivity index is 2.53. The first kappa shape index (κ1) is 19.6. The van der Waals surface area contributed by atoms with Crippen LogP contribution in [-0.2, 0) is 9.59 Å². The predicted octanol–water partition coefficient (Wildman–Crippen LogP) is 2.47. The second kappa shape index (κ2) is 10.3. The summed E-state index contributed by atoms with van der Waals surface area (Å²) >= 11 is 0. The van der Waals surface area contributed by atoms with Crippen LogP contribution in [0.3, 0.4) is 0 Å². The monoisotopic (exact) mass is 324 g/mol. The summed E-state index contributed by atoms with van der Waals surface area (Å²) in [4.78, 5) is 22.5. The van der Waals surface area contributed by atoms with Crippen molar-refractivity contribution in [2.75, 3.05) is 0 Å². The smallest absolute Gasteiger partial charge is 0.303 e. The minimum atomic E-state index is -0.826. The Morgan fingerprint density at radius 3 is 2.74 bits per heavy atom. The van der Waals surface area contributed by atoms with Gasteiger partial charge in [0, 0.05) is 18.8 Å². The van der Waals surface area contributed by atoms with Gasteiger partial charge in [0.25, 0.3) is 0 Å². The van der Waals surface area contributed by atoms with Crippen LogP contribution in [0.4, 0.5) is 0 Å². The standard InChI is InChI=1S/C18H28O5/c1-2-3-4-7-13(19)10-11-15-14(16(20)12-17(15)21)8-5-6-9-18(22)23/h3-4,10-11,13-16,19-20H,2,5-9,12H2,1H3,(H,22,23)/b4-3-,11-10+/t13-,14-,15+,16+/m0/s1. The van der Waals surface area contributed by atoms with Gasteiger partial charge in [0.05, 0.1) is 12.2 Å². The lowest BCUT2D eigenvalue weighted by Crippen LogP contribution is -2.19. The van der Waals surface area contributed by atoms with Crippen molar-refractivity contribution in [2.24, 2.45) is 11.8 Å². The van der Waals surface area contributed by atoms with E-state index in [0.717, 1.165) is 6.42 Å². The maximum atomic E-state index is 12.0. The average molecular weight is 324 g/mol. The van der Waals surface area contributed by atoms with Gasteiger partial charge in [0.2, 0.25) is 0 Å². The number of carbonyl (C=O) groups is 2. The quantitative estimate of drug-likeness (QED) is 0.424. The number of aliphatic carboxylic acids is 1. The van der Waals surface area contributed by atoms with Gasteiger partial charge in [-0.05, 0) is 31.6 Å². The molecular formula is C18H28O5. The zero-order chi connectivity index (χ0) is 17.2. The lowest BCUT2D eigenvalue weighted by molar-refractivity contribution is -0.137. The van der Waals surface area contributed by atoms with Gasteiger partial charge in [-0.1, -0.05) is 37.6 Å². The lowest BCUT2D eigenvalue weighted by Gasteiger charge is -2.18. The van der Waals surface area contributed by atoms with Crippen molar-refractivity contribution in [3.8, 4) is 0 Å². The molecule has 0 amide bonds. The first-order valence-corrected chi connectivity index (χ1v) is 8.39. The summed E-state index contributed by atoms with van der Waals surface area (Å²) in [6, 6.07) is 0. The Morgan fingerprint density at radius 1 is 1.35 bits per heavy atom. The Bertz CT molecular complexity index is 441. The first-order chi connectivity index (χ1) is 11.0. The minimum absolute atomic E-state index is 0.00622. The van der Waals surface area contributed by atoms with Gasteiger partial charge in [0.15, 0.2) is 0 Å². The molecular weight excluding hydrogens is 296 g/mol. The van der Waals surface area contributed by atoms with Crippen molar-refractivity contribution in [1.82, 2.24) is 0 Å². The van der Waals surface area contributed by atoms with Crippen molar-refractivity contribution < 1.29 is 24.9 Å². The highest BCUT2D eigenvalue weighted by molar-refractivity contribution is 5.85. The molecule has 0 aliphatic heterocycles. The van der Waals surface area contributed by atoms with Gasteiger partial charge < -0.3 is 15.3 Å². The molecule has 4 atom stereocenters. The van der Waals surface area contributed by atoms with Crippen LogP contribution in [-0.4, -0.2) is 39.3 Å². The van der Waals surface area contributed by atoms with Gasteiger partial charge in [-0.25, -0.2) is 0 Å². The molecule has 5 nitrogen and oxygen atoms in total. The van der Waals surface area contributed by atoms with E-state index in [0.29, 0.717) is 25.7 Å². The highest BCUT2D eigenvalue weighted by atomic mass is 16.4. The molecule has 5 heteroatoms. The van der Waals surface area contributed by atoms with E-state index in [9.17, 15) is 19.8 Å². The predicted molar refractivity (Wildman–Crippen MR) is 87.9 cm³/mol. The van der Waals surface area contributed by atoms with Gasteiger partial charge in [-0.15, -0.1) is 0 Å². The van der Waals surface area contributed by atoms with E-state index >= 15 is 0 Å². The topological polar surface area (TPSA) is 94.8 Å². The fourth-order valence-electron chi connectivity index (χ4n) is 2.98. The second-order valence-electron chi connectivity index (χ2n) is 6.13. The van der Waals surface area contributed by atoms with Crippen LogP contribution in [0.2, 0.25) is 0 Å². The van der Waals surface area contributed by atoms with Crippen molar-refractivity contribution in [2.45, 2.75) is 64.1 Å². The lowest BCUT2D eigenvalue weighted by atomic mass is 9.88. The number of carboxylic acids is 1. The Labute approximate surface area is 137 Å². The second-order valence-corrected chi connectivity index (χ2v) is 6.13. The van der Waals surface area contributed by atoms with E-state index in [4.69, 9.17) is 5.11 Å². The number of aliphatic hydroxyl groups is 2. The summed E-state index contributed by atoms with van der Waals surface area (Å²) in [7, 11) is 0. The number of hydrogen-bond acceptors (Lipinski definition) is 4. The highest BCUT2D eigenvalue weighted by Gasteiger charge is 2.39. The Morgan fingerprint density at radius 2 is 2.09 bits per heavy atom.